The lowest BCUT2D eigenvalue weighted by atomic mass is 10.2. The van der Waals surface area contributed by atoms with Crippen LogP contribution in [0.4, 0.5) is 5.82 Å². The van der Waals surface area contributed by atoms with E-state index in [2.05, 4.69) is 40.9 Å². The summed E-state index contributed by atoms with van der Waals surface area (Å²) in [6.07, 6.45) is 6.04. The van der Waals surface area contributed by atoms with E-state index in [1.54, 1.807) is 17.7 Å². The normalized spacial score (nSPS) is 15.2. The van der Waals surface area contributed by atoms with Crippen molar-refractivity contribution in [2.45, 2.75) is 13.8 Å². The predicted molar refractivity (Wildman–Crippen MR) is 68.2 cm³/mol. The van der Waals surface area contributed by atoms with Crippen LogP contribution in [0.25, 0.3) is 10.2 Å². The first-order chi connectivity index (χ1) is 7.77. The van der Waals surface area contributed by atoms with E-state index in [0.717, 1.165) is 23.7 Å². The molecule has 1 aliphatic heterocycles. The molecule has 3 nitrogen and oxygen atoms in total. The second kappa shape index (κ2) is 3.56. The Morgan fingerprint density at radius 3 is 2.69 bits per heavy atom. The van der Waals surface area contributed by atoms with Gasteiger partial charge < -0.3 is 4.90 Å². The van der Waals surface area contributed by atoms with Gasteiger partial charge in [0.2, 0.25) is 0 Å². The summed E-state index contributed by atoms with van der Waals surface area (Å²) in [7, 11) is 0. The van der Waals surface area contributed by atoms with E-state index < -0.39 is 0 Å². The van der Waals surface area contributed by atoms with Gasteiger partial charge in [0.15, 0.2) is 0 Å². The van der Waals surface area contributed by atoms with E-state index in [-0.39, 0.29) is 0 Å². The smallest absolute Gasteiger partial charge is 0.141 e. The lowest BCUT2D eigenvalue weighted by molar-refractivity contribution is 0.970. The van der Waals surface area contributed by atoms with Crippen LogP contribution in [0, 0.1) is 13.8 Å². The van der Waals surface area contributed by atoms with Gasteiger partial charge in [-0.2, -0.15) is 0 Å². The van der Waals surface area contributed by atoms with Gasteiger partial charge in [0.05, 0.1) is 5.39 Å². The van der Waals surface area contributed by atoms with Crippen LogP contribution in [0.15, 0.2) is 18.5 Å². The minimum Gasteiger partial charge on any atom is -0.349 e. The molecule has 0 amide bonds. The van der Waals surface area contributed by atoms with Gasteiger partial charge in [-0.25, -0.2) is 9.97 Å². The Hall–Kier alpha value is -1.42. The fourth-order valence-corrected chi connectivity index (χ4v) is 3.05. The van der Waals surface area contributed by atoms with Crippen LogP contribution in [0.2, 0.25) is 0 Å². The maximum atomic E-state index is 4.44. The fourth-order valence-electron chi connectivity index (χ4n) is 2.05. The minimum absolute atomic E-state index is 0.959. The molecule has 0 atom stereocenters. The SMILES string of the molecule is Cc1sc2ncnc(N3CC=CC3)c2c1C. The molecule has 0 spiro atoms. The Morgan fingerprint density at radius 2 is 1.94 bits per heavy atom. The average molecular weight is 231 g/mol. The molecule has 0 aliphatic carbocycles. The van der Waals surface area contributed by atoms with Gasteiger partial charge in [-0.1, -0.05) is 12.2 Å². The van der Waals surface area contributed by atoms with Gasteiger partial charge in [0.25, 0.3) is 0 Å². The highest BCUT2D eigenvalue weighted by molar-refractivity contribution is 7.18. The first-order valence-corrected chi connectivity index (χ1v) is 6.19. The van der Waals surface area contributed by atoms with E-state index >= 15 is 0 Å². The topological polar surface area (TPSA) is 29.0 Å². The molecule has 16 heavy (non-hydrogen) atoms. The van der Waals surface area contributed by atoms with Crippen molar-refractivity contribution >= 4 is 27.4 Å². The minimum atomic E-state index is 0.959. The van der Waals surface area contributed by atoms with Gasteiger partial charge in [-0.15, -0.1) is 11.3 Å². The third-order valence-corrected chi connectivity index (χ3v) is 4.18. The molecule has 2 aromatic rings. The van der Waals surface area contributed by atoms with Crippen molar-refractivity contribution in [2.24, 2.45) is 0 Å². The standard InChI is InChI=1S/C12H13N3S/c1-8-9(2)16-12-10(8)11(13-7-14-12)15-5-3-4-6-15/h3-4,7H,5-6H2,1-2H3. The number of thiophene rings is 1. The second-order valence-electron chi connectivity index (χ2n) is 4.04. The van der Waals surface area contributed by atoms with Crippen molar-refractivity contribution in [3.8, 4) is 0 Å². The molecule has 3 heterocycles. The summed E-state index contributed by atoms with van der Waals surface area (Å²) in [5, 5.41) is 1.23. The zero-order chi connectivity index (χ0) is 11.1. The largest absolute Gasteiger partial charge is 0.349 e. The predicted octanol–water partition coefficient (Wildman–Crippen LogP) is 2.68. The van der Waals surface area contributed by atoms with Crippen LogP contribution in [0.1, 0.15) is 10.4 Å². The average Bonchev–Trinajstić information content (AvgIpc) is 2.88. The molecular weight excluding hydrogens is 218 g/mol. The van der Waals surface area contributed by atoms with E-state index in [9.17, 15) is 0 Å². The summed E-state index contributed by atoms with van der Waals surface area (Å²) in [4.78, 5) is 13.5. The summed E-state index contributed by atoms with van der Waals surface area (Å²) in [5.74, 6) is 1.08. The molecule has 0 saturated heterocycles. The highest BCUT2D eigenvalue weighted by Gasteiger charge is 2.17. The molecule has 2 aromatic heterocycles. The lowest BCUT2D eigenvalue weighted by Crippen LogP contribution is -2.20. The van der Waals surface area contributed by atoms with Gasteiger partial charge in [0, 0.05) is 18.0 Å². The Morgan fingerprint density at radius 1 is 1.19 bits per heavy atom. The molecular formula is C12H13N3S. The highest BCUT2D eigenvalue weighted by atomic mass is 32.1. The van der Waals surface area contributed by atoms with Gasteiger partial charge >= 0.3 is 0 Å². The third-order valence-electron chi connectivity index (χ3n) is 3.06. The molecule has 4 heteroatoms. The first kappa shape index (κ1) is 9.78. The van der Waals surface area contributed by atoms with Gasteiger partial charge in [-0.3, -0.25) is 0 Å². The molecule has 82 valence electrons. The molecule has 0 fully saturated rings. The van der Waals surface area contributed by atoms with Crippen molar-refractivity contribution in [1.82, 2.24) is 9.97 Å². The maximum Gasteiger partial charge on any atom is 0.141 e. The molecule has 0 bridgehead atoms. The van der Waals surface area contributed by atoms with Crippen LogP contribution in [0.5, 0.6) is 0 Å². The van der Waals surface area contributed by atoms with Gasteiger partial charge in [-0.05, 0) is 19.4 Å². The van der Waals surface area contributed by atoms with E-state index in [1.807, 2.05) is 0 Å². The number of nitrogens with zero attached hydrogens (tertiary/aromatic N) is 3. The number of aryl methyl sites for hydroxylation is 2. The number of hydrogen-bond donors (Lipinski definition) is 0. The number of fused-ring (bicyclic) bond motifs is 1. The molecule has 0 saturated carbocycles. The molecule has 3 rings (SSSR count). The van der Waals surface area contributed by atoms with Crippen molar-refractivity contribution in [2.75, 3.05) is 18.0 Å². The summed E-state index contributed by atoms with van der Waals surface area (Å²) in [6.45, 7) is 6.22. The summed E-state index contributed by atoms with van der Waals surface area (Å²) < 4.78 is 0. The van der Waals surface area contributed by atoms with Crippen LogP contribution in [-0.2, 0) is 0 Å². The summed E-state index contributed by atoms with van der Waals surface area (Å²) >= 11 is 1.75. The van der Waals surface area contributed by atoms with E-state index in [1.165, 1.54) is 15.8 Å². The Labute approximate surface area is 98.4 Å². The van der Waals surface area contributed by atoms with E-state index in [4.69, 9.17) is 0 Å². The van der Waals surface area contributed by atoms with Crippen LogP contribution >= 0.6 is 11.3 Å². The fraction of sp³-hybridized carbons (Fsp3) is 0.333. The van der Waals surface area contributed by atoms with Crippen LogP contribution < -0.4 is 4.90 Å². The molecule has 0 unspecified atom stereocenters. The number of rotatable bonds is 1. The first-order valence-electron chi connectivity index (χ1n) is 5.38. The zero-order valence-corrected chi connectivity index (χ0v) is 10.2. The summed E-state index contributed by atoms with van der Waals surface area (Å²) in [5.41, 5.74) is 1.32. The van der Waals surface area contributed by atoms with Crippen molar-refractivity contribution in [3.05, 3.63) is 28.9 Å². The monoisotopic (exact) mass is 231 g/mol. The zero-order valence-electron chi connectivity index (χ0n) is 9.40. The van der Waals surface area contributed by atoms with Crippen molar-refractivity contribution < 1.29 is 0 Å². The third kappa shape index (κ3) is 1.33. The number of anilines is 1. The van der Waals surface area contributed by atoms with Crippen LogP contribution in [-0.4, -0.2) is 23.1 Å². The molecule has 0 aromatic carbocycles. The van der Waals surface area contributed by atoms with Crippen molar-refractivity contribution in [1.29, 1.82) is 0 Å². The summed E-state index contributed by atoms with van der Waals surface area (Å²) in [6, 6.07) is 0. The van der Waals surface area contributed by atoms with Crippen LogP contribution in [0.3, 0.4) is 0 Å². The number of aromatic nitrogens is 2. The number of hydrogen-bond acceptors (Lipinski definition) is 4. The Kier molecular flexibility index (Phi) is 2.17. The second-order valence-corrected chi connectivity index (χ2v) is 5.24. The van der Waals surface area contributed by atoms with E-state index in [0.29, 0.717) is 0 Å². The van der Waals surface area contributed by atoms with Crippen molar-refractivity contribution in [3.63, 3.8) is 0 Å². The van der Waals surface area contributed by atoms with Gasteiger partial charge in [0.1, 0.15) is 17.0 Å². The molecule has 0 N–H and O–H groups in total. The maximum absolute atomic E-state index is 4.44. The highest BCUT2D eigenvalue weighted by Crippen LogP contribution is 2.34. The molecule has 0 radical (unpaired) electrons. The lowest BCUT2D eigenvalue weighted by Gasteiger charge is -2.17. The Balaban J connectivity index is 2.23. The molecule has 1 aliphatic rings. The Bertz CT molecular complexity index is 563. The quantitative estimate of drug-likeness (QED) is 0.707.